The summed E-state index contributed by atoms with van der Waals surface area (Å²) in [5.41, 5.74) is 2.18. The van der Waals surface area contributed by atoms with Gasteiger partial charge in [0, 0.05) is 18.5 Å². The van der Waals surface area contributed by atoms with E-state index in [9.17, 15) is 14.4 Å². The third kappa shape index (κ3) is 4.39. The lowest BCUT2D eigenvalue weighted by molar-refractivity contribution is -0.147. The number of anilines is 1. The van der Waals surface area contributed by atoms with Crippen LogP contribution in [0.3, 0.4) is 0 Å². The molecule has 0 bridgehead atoms. The molecule has 0 N–H and O–H groups in total. The van der Waals surface area contributed by atoms with E-state index in [0.717, 1.165) is 5.56 Å². The van der Waals surface area contributed by atoms with E-state index >= 15 is 0 Å². The van der Waals surface area contributed by atoms with E-state index < -0.39 is 11.9 Å². The predicted octanol–water partition coefficient (Wildman–Crippen LogP) is 3.17. The Labute approximate surface area is 164 Å². The Morgan fingerprint density at radius 1 is 1.11 bits per heavy atom. The molecule has 0 aliphatic carbocycles. The van der Waals surface area contributed by atoms with Crippen molar-refractivity contribution in [2.45, 2.75) is 20.3 Å². The second-order valence-corrected chi connectivity index (χ2v) is 6.70. The molecule has 28 heavy (non-hydrogen) atoms. The highest BCUT2D eigenvalue weighted by Gasteiger charge is 2.37. The van der Waals surface area contributed by atoms with Gasteiger partial charge in [0.15, 0.2) is 12.4 Å². The average molecular weight is 381 g/mol. The summed E-state index contributed by atoms with van der Waals surface area (Å²) in [6, 6.07) is 14.3. The minimum Gasteiger partial charge on any atom is -0.492 e. The number of esters is 1. The summed E-state index contributed by atoms with van der Waals surface area (Å²) in [5.74, 6) is -0.977. The maximum absolute atomic E-state index is 12.4. The molecule has 2 aromatic rings. The van der Waals surface area contributed by atoms with Crippen molar-refractivity contribution in [1.82, 2.24) is 0 Å². The summed E-state index contributed by atoms with van der Waals surface area (Å²) >= 11 is 0. The van der Waals surface area contributed by atoms with E-state index in [-0.39, 0.29) is 31.3 Å². The molecular weight excluding hydrogens is 358 g/mol. The monoisotopic (exact) mass is 381 g/mol. The fraction of sp³-hybridized carbons (Fsp3) is 0.318. The third-order valence-electron chi connectivity index (χ3n) is 4.63. The number of hydrogen-bond donors (Lipinski definition) is 0. The van der Waals surface area contributed by atoms with E-state index in [2.05, 4.69) is 0 Å². The lowest BCUT2D eigenvalue weighted by Gasteiger charge is -2.19. The van der Waals surface area contributed by atoms with Gasteiger partial charge in [-0.25, -0.2) is 0 Å². The largest absolute Gasteiger partial charge is 0.492 e. The van der Waals surface area contributed by atoms with Crippen molar-refractivity contribution >= 4 is 23.3 Å². The highest BCUT2D eigenvalue weighted by Crippen LogP contribution is 2.33. The Balaban J connectivity index is 1.61. The molecule has 1 amide bonds. The highest BCUT2D eigenvalue weighted by atomic mass is 16.5. The molecule has 3 rings (SSSR count). The zero-order valence-corrected chi connectivity index (χ0v) is 16.0. The SMILES string of the molecule is CCOc1ccccc1N1C[C@H](C(=O)OCC(=O)c2ccc(C)cc2)CC1=O. The fourth-order valence-corrected chi connectivity index (χ4v) is 3.13. The van der Waals surface area contributed by atoms with Crippen molar-refractivity contribution < 1.29 is 23.9 Å². The van der Waals surface area contributed by atoms with Crippen LogP contribution in [-0.2, 0) is 14.3 Å². The molecule has 0 radical (unpaired) electrons. The molecule has 0 spiro atoms. The van der Waals surface area contributed by atoms with Gasteiger partial charge in [-0.3, -0.25) is 14.4 Å². The average Bonchev–Trinajstić information content (AvgIpc) is 3.09. The summed E-state index contributed by atoms with van der Waals surface area (Å²) in [7, 11) is 0. The van der Waals surface area contributed by atoms with Gasteiger partial charge in [-0.05, 0) is 26.0 Å². The van der Waals surface area contributed by atoms with Gasteiger partial charge in [0.2, 0.25) is 5.91 Å². The van der Waals surface area contributed by atoms with Gasteiger partial charge in [0.25, 0.3) is 0 Å². The summed E-state index contributed by atoms with van der Waals surface area (Å²) < 4.78 is 10.8. The summed E-state index contributed by atoms with van der Waals surface area (Å²) in [6.45, 7) is 4.16. The maximum Gasteiger partial charge on any atom is 0.311 e. The van der Waals surface area contributed by atoms with Crippen molar-refractivity contribution in [3.8, 4) is 5.75 Å². The first-order valence-electron chi connectivity index (χ1n) is 9.28. The molecule has 146 valence electrons. The van der Waals surface area contributed by atoms with Gasteiger partial charge < -0.3 is 14.4 Å². The summed E-state index contributed by atoms with van der Waals surface area (Å²) in [5, 5.41) is 0. The van der Waals surface area contributed by atoms with Crippen LogP contribution in [0.2, 0.25) is 0 Å². The number of hydrogen-bond acceptors (Lipinski definition) is 5. The summed E-state index contributed by atoms with van der Waals surface area (Å²) in [4.78, 5) is 38.5. The highest BCUT2D eigenvalue weighted by molar-refractivity contribution is 6.01. The van der Waals surface area contributed by atoms with Crippen LogP contribution in [0.25, 0.3) is 0 Å². The zero-order valence-electron chi connectivity index (χ0n) is 16.0. The number of benzene rings is 2. The number of nitrogens with zero attached hydrogens (tertiary/aromatic N) is 1. The van der Waals surface area contributed by atoms with Gasteiger partial charge in [-0.1, -0.05) is 42.0 Å². The molecule has 6 nitrogen and oxygen atoms in total. The van der Waals surface area contributed by atoms with Crippen molar-refractivity contribution in [3.63, 3.8) is 0 Å². The number of carbonyl (C=O) groups excluding carboxylic acids is 3. The standard InChI is InChI=1S/C22H23NO5/c1-3-27-20-7-5-4-6-18(20)23-13-17(12-21(23)25)22(26)28-14-19(24)16-10-8-15(2)9-11-16/h4-11,17H,3,12-14H2,1-2H3/t17-/m1/s1. The van der Waals surface area contributed by atoms with Gasteiger partial charge >= 0.3 is 5.97 Å². The van der Waals surface area contributed by atoms with Crippen molar-refractivity contribution in [1.29, 1.82) is 0 Å². The number of Topliss-reactive ketones (excluding diaryl/α,β-unsaturated/α-hetero) is 1. The topological polar surface area (TPSA) is 72.9 Å². The number of amides is 1. The molecule has 1 fully saturated rings. The van der Waals surface area contributed by atoms with Gasteiger partial charge in [-0.2, -0.15) is 0 Å². The molecule has 6 heteroatoms. The minimum absolute atomic E-state index is 0.0536. The number of ketones is 1. The number of aryl methyl sites for hydroxylation is 1. The molecule has 1 aliphatic heterocycles. The van der Waals surface area contributed by atoms with Crippen molar-refractivity contribution in [2.24, 2.45) is 5.92 Å². The number of para-hydroxylation sites is 2. The van der Waals surface area contributed by atoms with Gasteiger partial charge in [-0.15, -0.1) is 0 Å². The van der Waals surface area contributed by atoms with Crippen LogP contribution in [0.5, 0.6) is 5.75 Å². The Morgan fingerprint density at radius 2 is 1.82 bits per heavy atom. The van der Waals surface area contributed by atoms with Crippen molar-refractivity contribution in [3.05, 3.63) is 59.7 Å². The molecular formula is C22H23NO5. The van der Waals surface area contributed by atoms with Crippen LogP contribution in [0.15, 0.2) is 48.5 Å². The Hall–Kier alpha value is -3.15. The second-order valence-electron chi connectivity index (χ2n) is 6.70. The number of rotatable bonds is 7. The molecule has 1 saturated heterocycles. The van der Waals surface area contributed by atoms with Crippen molar-refractivity contribution in [2.75, 3.05) is 24.7 Å². The quantitative estimate of drug-likeness (QED) is 0.544. The Morgan fingerprint density at radius 3 is 2.54 bits per heavy atom. The van der Waals surface area contributed by atoms with E-state index in [4.69, 9.17) is 9.47 Å². The van der Waals surface area contributed by atoms with E-state index in [0.29, 0.717) is 23.6 Å². The maximum atomic E-state index is 12.4. The minimum atomic E-state index is -0.604. The first-order chi connectivity index (χ1) is 13.5. The van der Waals surface area contributed by atoms with Crippen LogP contribution in [0.4, 0.5) is 5.69 Å². The number of carbonyl (C=O) groups is 3. The summed E-state index contributed by atoms with van der Waals surface area (Å²) in [6.07, 6.45) is 0.0536. The van der Waals surface area contributed by atoms with Gasteiger partial charge in [0.05, 0.1) is 18.2 Å². The molecule has 1 atom stereocenters. The molecule has 2 aromatic carbocycles. The molecule has 0 aromatic heterocycles. The van der Waals surface area contributed by atoms with Crippen LogP contribution < -0.4 is 9.64 Å². The third-order valence-corrected chi connectivity index (χ3v) is 4.63. The van der Waals surface area contributed by atoms with E-state index in [1.807, 2.05) is 38.1 Å². The number of ether oxygens (including phenoxy) is 2. The van der Waals surface area contributed by atoms with Gasteiger partial charge in [0.1, 0.15) is 5.75 Å². The predicted molar refractivity (Wildman–Crippen MR) is 105 cm³/mol. The van der Waals surface area contributed by atoms with Crippen LogP contribution in [0, 0.1) is 12.8 Å². The van der Waals surface area contributed by atoms with E-state index in [1.165, 1.54) is 0 Å². The smallest absolute Gasteiger partial charge is 0.311 e. The Kier molecular flexibility index (Phi) is 6.09. The fourth-order valence-electron chi connectivity index (χ4n) is 3.13. The lowest BCUT2D eigenvalue weighted by Crippen LogP contribution is -2.27. The zero-order chi connectivity index (χ0) is 20.1. The van der Waals surface area contributed by atoms with Crippen LogP contribution in [-0.4, -0.2) is 37.4 Å². The van der Waals surface area contributed by atoms with E-state index in [1.54, 1.807) is 29.2 Å². The van der Waals surface area contributed by atoms with Crippen LogP contribution >= 0.6 is 0 Å². The first kappa shape index (κ1) is 19.6. The lowest BCUT2D eigenvalue weighted by atomic mass is 10.1. The molecule has 1 heterocycles. The first-order valence-corrected chi connectivity index (χ1v) is 9.28. The molecule has 0 unspecified atom stereocenters. The molecule has 0 saturated carbocycles. The van der Waals surface area contributed by atoms with Crippen LogP contribution in [0.1, 0.15) is 29.3 Å². The molecule has 1 aliphatic rings. The normalized spacial score (nSPS) is 16.1. The Bertz CT molecular complexity index is 875. The second kappa shape index (κ2) is 8.69.